The Bertz CT molecular complexity index is 292. The molecule has 0 radical (unpaired) electrons. The Morgan fingerprint density at radius 1 is 1.53 bits per heavy atom. The first-order valence-electron chi connectivity index (χ1n) is 5.73. The summed E-state index contributed by atoms with van der Waals surface area (Å²) < 4.78 is 0. The van der Waals surface area contributed by atoms with Crippen LogP contribution in [0.15, 0.2) is 0 Å². The molecule has 0 bridgehead atoms. The molecule has 0 aromatic heterocycles. The van der Waals surface area contributed by atoms with Crippen LogP contribution in [-0.4, -0.2) is 53.0 Å². The first-order valence-corrected chi connectivity index (χ1v) is 7.12. The number of carboxylic acids is 1. The molecule has 1 amide bonds. The van der Waals surface area contributed by atoms with Crippen LogP contribution in [0, 0.1) is 11.8 Å². The molecule has 0 aliphatic carbocycles. The maximum absolute atomic E-state index is 11.8. The number of nitrogens with zero attached hydrogens (tertiary/aromatic N) is 1. The second-order valence-electron chi connectivity index (χ2n) is 4.52. The van der Waals surface area contributed by atoms with E-state index in [0.717, 1.165) is 5.75 Å². The minimum Gasteiger partial charge on any atom is -0.481 e. The largest absolute Gasteiger partial charge is 0.481 e. The maximum Gasteiger partial charge on any atom is 0.306 e. The highest BCUT2D eigenvalue weighted by Crippen LogP contribution is 2.24. The topological polar surface area (TPSA) is 83.6 Å². The lowest BCUT2D eigenvalue weighted by atomic mass is 9.86. The summed E-state index contributed by atoms with van der Waals surface area (Å²) in [5, 5.41) is 8.84. The molecule has 0 saturated carbocycles. The van der Waals surface area contributed by atoms with E-state index in [1.807, 2.05) is 6.26 Å². The van der Waals surface area contributed by atoms with Gasteiger partial charge in [-0.2, -0.15) is 11.8 Å². The Hall–Kier alpha value is -0.750. The van der Waals surface area contributed by atoms with Crippen molar-refractivity contribution in [3.05, 3.63) is 0 Å². The third kappa shape index (κ3) is 3.61. The highest BCUT2D eigenvalue weighted by molar-refractivity contribution is 7.98. The predicted molar refractivity (Wildman–Crippen MR) is 67.8 cm³/mol. The number of rotatable bonds is 6. The lowest BCUT2D eigenvalue weighted by molar-refractivity contribution is -0.151. The molecule has 98 valence electrons. The van der Waals surface area contributed by atoms with E-state index in [4.69, 9.17) is 10.8 Å². The second-order valence-corrected chi connectivity index (χ2v) is 5.50. The fraction of sp³-hybridized carbons (Fsp3) is 0.818. The molecule has 1 saturated heterocycles. The van der Waals surface area contributed by atoms with Gasteiger partial charge in [0.15, 0.2) is 0 Å². The van der Waals surface area contributed by atoms with Crippen molar-refractivity contribution in [3.63, 3.8) is 0 Å². The van der Waals surface area contributed by atoms with E-state index in [0.29, 0.717) is 19.5 Å². The zero-order chi connectivity index (χ0) is 13.0. The van der Waals surface area contributed by atoms with Gasteiger partial charge in [0.2, 0.25) is 5.91 Å². The van der Waals surface area contributed by atoms with E-state index in [9.17, 15) is 9.59 Å². The highest BCUT2D eigenvalue weighted by Gasteiger charge is 2.38. The highest BCUT2D eigenvalue weighted by atomic mass is 32.2. The van der Waals surface area contributed by atoms with E-state index in [1.165, 1.54) is 0 Å². The van der Waals surface area contributed by atoms with E-state index in [2.05, 4.69) is 0 Å². The number of carbonyl (C=O) groups excluding carboxylic acids is 1. The summed E-state index contributed by atoms with van der Waals surface area (Å²) in [6.07, 6.45) is 2.65. The van der Waals surface area contributed by atoms with Gasteiger partial charge in [-0.15, -0.1) is 0 Å². The Morgan fingerprint density at radius 2 is 2.12 bits per heavy atom. The van der Waals surface area contributed by atoms with Crippen LogP contribution in [0.2, 0.25) is 0 Å². The van der Waals surface area contributed by atoms with Gasteiger partial charge in [-0.25, -0.2) is 0 Å². The van der Waals surface area contributed by atoms with Crippen molar-refractivity contribution in [1.82, 2.24) is 4.90 Å². The summed E-state index contributed by atoms with van der Waals surface area (Å²) in [6, 6.07) is -0.441. The van der Waals surface area contributed by atoms with E-state index in [-0.39, 0.29) is 17.7 Å². The van der Waals surface area contributed by atoms with Gasteiger partial charge in [-0.05, 0) is 18.4 Å². The van der Waals surface area contributed by atoms with Gasteiger partial charge < -0.3 is 15.7 Å². The first kappa shape index (κ1) is 14.3. The molecule has 1 heterocycles. The van der Waals surface area contributed by atoms with Gasteiger partial charge in [0.25, 0.3) is 0 Å². The molecule has 1 rings (SSSR count). The molecule has 6 heteroatoms. The Labute approximate surface area is 106 Å². The molecule has 2 atom stereocenters. The number of hydrogen-bond donors (Lipinski definition) is 2. The van der Waals surface area contributed by atoms with Gasteiger partial charge in [0.1, 0.15) is 0 Å². The number of amides is 1. The standard InChI is InChI=1S/C11H20N2O3S/c1-7(11(15)16)8-5-13(6-8)10(14)9(12)3-4-17-2/h7-9H,3-6,12H2,1-2H3,(H,15,16)/t7?,9-/m1/s1. The molecule has 0 spiro atoms. The molecular formula is C11H20N2O3S. The SMILES string of the molecule is CSCC[C@@H](N)C(=O)N1CC(C(C)C(=O)O)C1. The van der Waals surface area contributed by atoms with Crippen LogP contribution in [0.3, 0.4) is 0 Å². The van der Waals surface area contributed by atoms with Crippen molar-refractivity contribution >= 4 is 23.6 Å². The van der Waals surface area contributed by atoms with Crippen molar-refractivity contribution in [3.8, 4) is 0 Å². The zero-order valence-electron chi connectivity index (χ0n) is 10.3. The quantitative estimate of drug-likeness (QED) is 0.715. The number of carboxylic acid groups (broad SMARTS) is 1. The van der Waals surface area contributed by atoms with Crippen LogP contribution < -0.4 is 5.73 Å². The number of hydrogen-bond acceptors (Lipinski definition) is 4. The smallest absolute Gasteiger partial charge is 0.306 e. The van der Waals surface area contributed by atoms with Gasteiger partial charge in [0, 0.05) is 19.0 Å². The second kappa shape index (κ2) is 6.26. The van der Waals surface area contributed by atoms with Crippen molar-refractivity contribution in [1.29, 1.82) is 0 Å². The summed E-state index contributed by atoms with van der Waals surface area (Å²) in [4.78, 5) is 24.2. The molecule has 3 N–H and O–H groups in total. The summed E-state index contributed by atoms with van der Waals surface area (Å²) in [7, 11) is 0. The molecule has 1 unspecified atom stereocenters. The van der Waals surface area contributed by atoms with Crippen LogP contribution in [0.4, 0.5) is 0 Å². The average Bonchev–Trinajstić information content (AvgIpc) is 2.23. The Balaban J connectivity index is 2.32. The van der Waals surface area contributed by atoms with Gasteiger partial charge >= 0.3 is 5.97 Å². The minimum atomic E-state index is -0.797. The zero-order valence-corrected chi connectivity index (χ0v) is 11.1. The van der Waals surface area contributed by atoms with Crippen molar-refractivity contribution in [2.45, 2.75) is 19.4 Å². The van der Waals surface area contributed by atoms with E-state index >= 15 is 0 Å². The van der Waals surface area contributed by atoms with Gasteiger partial charge in [0.05, 0.1) is 12.0 Å². The number of likely N-dealkylation sites (tertiary alicyclic amines) is 1. The lowest BCUT2D eigenvalue weighted by Gasteiger charge is -2.42. The van der Waals surface area contributed by atoms with Gasteiger partial charge in [-0.3, -0.25) is 9.59 Å². The summed E-state index contributed by atoms with van der Waals surface area (Å²) in [6.45, 7) is 2.74. The Kier molecular flexibility index (Phi) is 5.27. The molecule has 5 nitrogen and oxygen atoms in total. The number of nitrogens with two attached hydrogens (primary N) is 1. The van der Waals surface area contributed by atoms with E-state index < -0.39 is 12.0 Å². The van der Waals surface area contributed by atoms with Crippen LogP contribution in [0.5, 0.6) is 0 Å². The molecule has 1 aliphatic rings. The molecule has 0 aromatic carbocycles. The number of carbonyl (C=O) groups is 2. The summed E-state index contributed by atoms with van der Waals surface area (Å²) in [5.74, 6) is -0.289. The third-order valence-corrected chi connectivity index (χ3v) is 3.91. The molecule has 1 fully saturated rings. The molecule has 1 aliphatic heterocycles. The monoisotopic (exact) mass is 260 g/mol. The fourth-order valence-electron chi connectivity index (χ4n) is 1.81. The molecule has 17 heavy (non-hydrogen) atoms. The maximum atomic E-state index is 11.8. The minimum absolute atomic E-state index is 0.0483. The predicted octanol–water partition coefficient (Wildman–Crippen LogP) is 0.246. The van der Waals surface area contributed by atoms with Crippen molar-refractivity contribution < 1.29 is 14.7 Å². The van der Waals surface area contributed by atoms with Crippen LogP contribution in [0.1, 0.15) is 13.3 Å². The van der Waals surface area contributed by atoms with Crippen LogP contribution in [0.25, 0.3) is 0 Å². The lowest BCUT2D eigenvalue weighted by Crippen LogP contribution is -2.57. The first-order chi connectivity index (χ1) is 7.97. The normalized spacial score (nSPS) is 19.6. The Morgan fingerprint density at radius 3 is 2.59 bits per heavy atom. The van der Waals surface area contributed by atoms with Crippen molar-refractivity contribution in [2.24, 2.45) is 17.6 Å². The van der Waals surface area contributed by atoms with Crippen LogP contribution >= 0.6 is 11.8 Å². The third-order valence-electron chi connectivity index (χ3n) is 3.27. The number of aliphatic carboxylic acids is 1. The molecule has 0 aromatic rings. The van der Waals surface area contributed by atoms with Gasteiger partial charge in [-0.1, -0.05) is 6.92 Å². The number of thioether (sulfide) groups is 1. The van der Waals surface area contributed by atoms with Crippen molar-refractivity contribution in [2.75, 3.05) is 25.1 Å². The summed E-state index contributed by atoms with van der Waals surface area (Å²) in [5.41, 5.74) is 5.77. The average molecular weight is 260 g/mol. The fourth-order valence-corrected chi connectivity index (χ4v) is 2.30. The van der Waals surface area contributed by atoms with E-state index in [1.54, 1.807) is 23.6 Å². The summed E-state index contributed by atoms with van der Waals surface area (Å²) >= 11 is 1.67. The van der Waals surface area contributed by atoms with Crippen LogP contribution in [-0.2, 0) is 9.59 Å². The molecular weight excluding hydrogens is 240 g/mol.